The molecule has 0 bridgehead atoms. The summed E-state index contributed by atoms with van der Waals surface area (Å²) in [6.07, 6.45) is 0. The molecule has 0 aliphatic carbocycles. The van der Waals surface area contributed by atoms with Crippen LogP contribution in [0.15, 0.2) is 30.3 Å². The molecule has 96 valence electrons. The molecule has 0 aliphatic rings. The van der Waals surface area contributed by atoms with Crippen molar-refractivity contribution in [1.82, 2.24) is 0 Å². The second-order valence-corrected chi connectivity index (χ2v) is 4.79. The molecule has 6 heteroatoms. The van der Waals surface area contributed by atoms with E-state index in [1.165, 1.54) is 0 Å². The van der Waals surface area contributed by atoms with Gasteiger partial charge in [-0.1, -0.05) is 32.0 Å². The third kappa shape index (κ3) is 4.69. The summed E-state index contributed by atoms with van der Waals surface area (Å²) in [4.78, 5) is 11.5. The predicted molar refractivity (Wildman–Crippen MR) is 68.4 cm³/mol. The Balaban J connectivity index is 0.00000121. The Morgan fingerprint density at radius 2 is 1.59 bits per heavy atom. The van der Waals surface area contributed by atoms with Gasteiger partial charge in [-0.3, -0.25) is 4.79 Å². The number of hydrogen-bond acceptors (Lipinski definition) is 4. The first-order valence-corrected chi connectivity index (χ1v) is 6.75. The van der Waals surface area contributed by atoms with E-state index in [-0.39, 0.29) is 0 Å². The zero-order valence-corrected chi connectivity index (χ0v) is 11.4. The molecule has 5 nitrogen and oxygen atoms in total. The normalized spacial score (nSPS) is 10.1. The van der Waals surface area contributed by atoms with Crippen LogP contribution in [0.1, 0.15) is 13.8 Å². The van der Waals surface area contributed by atoms with Crippen LogP contribution in [-0.2, 0) is 13.6 Å². The number of para-hydroxylation sites is 1. The van der Waals surface area contributed by atoms with Gasteiger partial charge in [-0.05, 0) is 12.1 Å². The average Bonchev–Trinajstić information content (AvgIpc) is 2.41. The van der Waals surface area contributed by atoms with Crippen LogP contribution in [0, 0.1) is 0 Å². The summed E-state index contributed by atoms with van der Waals surface area (Å²) in [5.74, 6) is 0. The first-order chi connectivity index (χ1) is 8.12. The molecule has 17 heavy (non-hydrogen) atoms. The monoisotopic (exact) mass is 259 g/mol. The number of benzene rings is 1. The molecule has 0 saturated carbocycles. The Hall–Kier alpha value is -1.16. The summed E-state index contributed by atoms with van der Waals surface area (Å²) < 4.78 is 20.7. The quantitative estimate of drug-likeness (QED) is 0.837. The van der Waals surface area contributed by atoms with Crippen LogP contribution in [0.3, 0.4) is 0 Å². The van der Waals surface area contributed by atoms with Gasteiger partial charge in [0.2, 0.25) is 0 Å². The van der Waals surface area contributed by atoms with Gasteiger partial charge in [0.15, 0.2) is 0 Å². The van der Waals surface area contributed by atoms with Gasteiger partial charge in [0, 0.05) is 19.9 Å². The van der Waals surface area contributed by atoms with E-state index >= 15 is 0 Å². The van der Waals surface area contributed by atoms with E-state index < -0.39 is 13.2 Å². The minimum absolute atomic E-state index is 0.539. The maximum atomic E-state index is 11.6. The maximum absolute atomic E-state index is 11.6. The lowest BCUT2D eigenvalue weighted by Crippen LogP contribution is -2.12. The number of hydrogen-bond donors (Lipinski definition) is 1. The number of rotatable bonds is 4. The lowest BCUT2D eigenvalue weighted by molar-refractivity contribution is 0.242. The lowest BCUT2D eigenvalue weighted by Gasteiger charge is -2.12. The topological polar surface area (TPSA) is 64.6 Å². The van der Waals surface area contributed by atoms with Crippen molar-refractivity contribution in [2.75, 3.05) is 19.5 Å². The van der Waals surface area contributed by atoms with Gasteiger partial charge in [-0.15, -0.1) is 0 Å². The molecule has 1 N–H and O–H groups in total. The van der Waals surface area contributed by atoms with Gasteiger partial charge in [-0.2, -0.15) is 0 Å². The van der Waals surface area contributed by atoms with Crippen LogP contribution in [0.5, 0.6) is 0 Å². The molecule has 1 rings (SSSR count). The molecule has 1 amide bonds. The fourth-order valence-corrected chi connectivity index (χ4v) is 1.70. The number of anilines is 1. The largest absolute Gasteiger partial charge is 0.418 e. The van der Waals surface area contributed by atoms with E-state index in [0.717, 1.165) is 14.2 Å². The number of carbonyl (C=O) groups is 1. The Morgan fingerprint density at radius 3 is 2.00 bits per heavy atom. The van der Waals surface area contributed by atoms with Crippen molar-refractivity contribution >= 4 is 18.9 Å². The third-order valence-electron chi connectivity index (χ3n) is 1.75. The van der Waals surface area contributed by atoms with Crippen LogP contribution in [0.25, 0.3) is 0 Å². The standard InChI is InChI=1S/C9H12NO4P.C2H6/c1-13-15(12,14-2)9(11)10-8-6-4-3-5-7-8;1-2/h3-7H,1-2H3,(H,10,11);1-2H3. The summed E-state index contributed by atoms with van der Waals surface area (Å²) in [7, 11) is -1.36. The Labute approximate surface area is 102 Å². The van der Waals surface area contributed by atoms with Gasteiger partial charge in [-0.25, -0.2) is 4.57 Å². The Morgan fingerprint density at radius 1 is 1.12 bits per heavy atom. The molecule has 0 unspecified atom stereocenters. The summed E-state index contributed by atoms with van der Waals surface area (Å²) in [5.41, 5.74) is -0.240. The van der Waals surface area contributed by atoms with Gasteiger partial charge < -0.3 is 14.4 Å². The zero-order valence-electron chi connectivity index (χ0n) is 10.5. The summed E-state index contributed by atoms with van der Waals surface area (Å²) in [5, 5.41) is 2.43. The van der Waals surface area contributed by atoms with Crippen molar-refractivity contribution in [3.05, 3.63) is 30.3 Å². The molecule has 0 aromatic heterocycles. The number of nitrogens with one attached hydrogen (secondary N) is 1. The molecule has 0 spiro atoms. The highest BCUT2D eigenvalue weighted by Crippen LogP contribution is 2.47. The van der Waals surface area contributed by atoms with Crippen LogP contribution in [0.2, 0.25) is 0 Å². The van der Waals surface area contributed by atoms with Gasteiger partial charge >= 0.3 is 13.2 Å². The third-order valence-corrected chi connectivity index (χ3v) is 3.33. The van der Waals surface area contributed by atoms with Gasteiger partial charge in [0.1, 0.15) is 0 Å². The molecule has 0 fully saturated rings. The van der Waals surface area contributed by atoms with Gasteiger partial charge in [0.25, 0.3) is 0 Å². The van der Waals surface area contributed by atoms with Crippen LogP contribution in [0.4, 0.5) is 10.5 Å². The second kappa shape index (κ2) is 8.01. The molecule has 0 heterocycles. The van der Waals surface area contributed by atoms with E-state index in [9.17, 15) is 9.36 Å². The molecule has 0 saturated heterocycles. The fraction of sp³-hybridized carbons (Fsp3) is 0.364. The van der Waals surface area contributed by atoms with Crippen molar-refractivity contribution in [2.45, 2.75) is 13.8 Å². The minimum Gasteiger partial charge on any atom is -0.316 e. The van der Waals surface area contributed by atoms with Crippen LogP contribution < -0.4 is 5.32 Å². The number of amides is 1. The molecule has 0 aliphatic heterocycles. The average molecular weight is 259 g/mol. The first kappa shape index (κ1) is 15.8. The molecule has 1 aromatic rings. The van der Waals surface area contributed by atoms with Crippen LogP contribution >= 0.6 is 7.60 Å². The van der Waals surface area contributed by atoms with Crippen molar-refractivity contribution in [2.24, 2.45) is 0 Å². The summed E-state index contributed by atoms with van der Waals surface area (Å²) >= 11 is 0. The molecular weight excluding hydrogens is 241 g/mol. The summed E-state index contributed by atoms with van der Waals surface area (Å²) in [6.45, 7) is 4.00. The minimum atomic E-state index is -3.69. The van der Waals surface area contributed by atoms with E-state index in [1.807, 2.05) is 19.9 Å². The molecule has 0 radical (unpaired) electrons. The first-order valence-electron chi connectivity index (χ1n) is 5.20. The lowest BCUT2D eigenvalue weighted by atomic mass is 10.3. The smallest absolute Gasteiger partial charge is 0.316 e. The highest BCUT2D eigenvalue weighted by molar-refractivity contribution is 7.72. The zero-order chi connectivity index (χ0) is 13.3. The summed E-state index contributed by atoms with van der Waals surface area (Å²) in [6, 6.07) is 8.66. The van der Waals surface area contributed by atoms with E-state index in [0.29, 0.717) is 5.69 Å². The maximum Gasteiger partial charge on any atom is 0.418 e. The highest BCUT2D eigenvalue weighted by Gasteiger charge is 2.32. The molecule has 1 aromatic carbocycles. The molecular formula is C11H18NO4P. The van der Waals surface area contributed by atoms with Crippen molar-refractivity contribution in [3.63, 3.8) is 0 Å². The van der Waals surface area contributed by atoms with Crippen molar-refractivity contribution in [3.8, 4) is 0 Å². The van der Waals surface area contributed by atoms with E-state index in [4.69, 9.17) is 0 Å². The second-order valence-electron chi connectivity index (χ2n) is 2.66. The SMILES string of the molecule is CC.COP(=O)(OC)C(=O)Nc1ccccc1. The molecule has 0 atom stereocenters. The van der Waals surface area contributed by atoms with Crippen molar-refractivity contribution in [1.29, 1.82) is 0 Å². The van der Waals surface area contributed by atoms with Gasteiger partial charge in [0.05, 0.1) is 0 Å². The van der Waals surface area contributed by atoms with Crippen LogP contribution in [-0.4, -0.2) is 19.9 Å². The Kier molecular flexibility index (Phi) is 7.46. The van der Waals surface area contributed by atoms with Crippen molar-refractivity contribution < 1.29 is 18.4 Å². The number of carbonyl (C=O) groups excluding carboxylic acids is 1. The Bertz CT molecular complexity index is 372. The van der Waals surface area contributed by atoms with E-state index in [1.54, 1.807) is 24.3 Å². The predicted octanol–water partition coefficient (Wildman–Crippen LogP) is 3.73. The fourth-order valence-electron chi connectivity index (χ4n) is 0.954. The van der Waals surface area contributed by atoms with E-state index in [2.05, 4.69) is 14.4 Å². The highest BCUT2D eigenvalue weighted by atomic mass is 31.2.